The minimum Gasteiger partial charge on any atom is -0.368 e. The summed E-state index contributed by atoms with van der Waals surface area (Å²) in [7, 11) is 0. The number of nitriles is 1. The van der Waals surface area contributed by atoms with Gasteiger partial charge in [0.1, 0.15) is 6.07 Å². The molecule has 0 unspecified atom stereocenters. The molecule has 1 fully saturated rings. The van der Waals surface area contributed by atoms with Gasteiger partial charge < -0.3 is 10.2 Å². The summed E-state index contributed by atoms with van der Waals surface area (Å²) in [5.74, 6) is 0. The van der Waals surface area contributed by atoms with Gasteiger partial charge in [0.25, 0.3) is 0 Å². The van der Waals surface area contributed by atoms with Crippen LogP contribution in [0.2, 0.25) is 0 Å². The topological polar surface area (TPSA) is 39.1 Å². The van der Waals surface area contributed by atoms with Crippen molar-refractivity contribution < 1.29 is 0 Å². The molecule has 0 amide bonds. The molecule has 1 N–H and O–H groups in total. The highest BCUT2D eigenvalue weighted by molar-refractivity contribution is 5.61. The average Bonchev–Trinajstić information content (AvgIpc) is 3.22. The summed E-state index contributed by atoms with van der Waals surface area (Å²) < 4.78 is 0. The zero-order valence-electron chi connectivity index (χ0n) is 13.0. The highest BCUT2D eigenvalue weighted by Crippen LogP contribution is 2.33. The van der Waals surface area contributed by atoms with Gasteiger partial charge in [0, 0.05) is 24.7 Å². The SMILES string of the molecule is CCN(c1ccc(CNC(C)(C)C)cc1C#N)C1CC1. The third-order valence-corrected chi connectivity index (χ3v) is 3.64. The van der Waals surface area contributed by atoms with E-state index in [0.717, 1.165) is 24.3 Å². The lowest BCUT2D eigenvalue weighted by molar-refractivity contribution is 0.424. The molecule has 0 aromatic heterocycles. The molecule has 0 aliphatic heterocycles. The van der Waals surface area contributed by atoms with E-state index in [-0.39, 0.29) is 5.54 Å². The largest absolute Gasteiger partial charge is 0.368 e. The van der Waals surface area contributed by atoms with Crippen molar-refractivity contribution in [1.82, 2.24) is 5.32 Å². The van der Waals surface area contributed by atoms with E-state index in [4.69, 9.17) is 0 Å². The molecule has 3 heteroatoms. The van der Waals surface area contributed by atoms with Gasteiger partial charge in [-0.25, -0.2) is 0 Å². The molecule has 1 aromatic carbocycles. The van der Waals surface area contributed by atoms with Crippen LogP contribution in [0.25, 0.3) is 0 Å². The summed E-state index contributed by atoms with van der Waals surface area (Å²) in [6.45, 7) is 10.4. The summed E-state index contributed by atoms with van der Waals surface area (Å²) in [5, 5.41) is 12.9. The summed E-state index contributed by atoms with van der Waals surface area (Å²) in [6, 6.07) is 9.28. The lowest BCUT2D eigenvalue weighted by Gasteiger charge is -2.25. The number of rotatable bonds is 5. The second-order valence-electron chi connectivity index (χ2n) is 6.58. The number of hydrogen-bond acceptors (Lipinski definition) is 3. The molecule has 0 radical (unpaired) electrons. The maximum atomic E-state index is 9.42. The molecule has 0 spiro atoms. The van der Waals surface area contributed by atoms with Crippen LogP contribution in [0.1, 0.15) is 51.7 Å². The van der Waals surface area contributed by atoms with Crippen molar-refractivity contribution in [2.75, 3.05) is 11.4 Å². The summed E-state index contributed by atoms with van der Waals surface area (Å²) >= 11 is 0. The quantitative estimate of drug-likeness (QED) is 0.891. The van der Waals surface area contributed by atoms with Gasteiger partial charge in [-0.3, -0.25) is 0 Å². The first-order valence-electron chi connectivity index (χ1n) is 7.49. The van der Waals surface area contributed by atoms with E-state index in [9.17, 15) is 5.26 Å². The molecule has 2 rings (SSSR count). The molecule has 1 aliphatic carbocycles. The molecular weight excluding hydrogens is 246 g/mol. The molecule has 3 nitrogen and oxygen atoms in total. The van der Waals surface area contributed by atoms with Crippen molar-refractivity contribution in [1.29, 1.82) is 5.26 Å². The normalized spacial score (nSPS) is 14.9. The fourth-order valence-corrected chi connectivity index (χ4v) is 2.41. The maximum absolute atomic E-state index is 9.42. The van der Waals surface area contributed by atoms with Crippen molar-refractivity contribution in [2.45, 2.75) is 58.7 Å². The smallest absolute Gasteiger partial charge is 0.101 e. The van der Waals surface area contributed by atoms with Gasteiger partial charge in [-0.15, -0.1) is 0 Å². The molecule has 0 saturated heterocycles. The Bertz CT molecular complexity index is 504. The third-order valence-electron chi connectivity index (χ3n) is 3.64. The molecule has 1 aromatic rings. The number of benzene rings is 1. The van der Waals surface area contributed by atoms with Crippen LogP contribution in [0.3, 0.4) is 0 Å². The van der Waals surface area contributed by atoms with Gasteiger partial charge in [0.2, 0.25) is 0 Å². The Morgan fingerprint density at radius 3 is 2.55 bits per heavy atom. The van der Waals surface area contributed by atoms with E-state index in [1.165, 1.54) is 18.4 Å². The zero-order chi connectivity index (χ0) is 14.8. The molecule has 0 atom stereocenters. The van der Waals surface area contributed by atoms with Crippen molar-refractivity contribution in [2.24, 2.45) is 0 Å². The molecule has 108 valence electrons. The Labute approximate surface area is 122 Å². The zero-order valence-corrected chi connectivity index (χ0v) is 13.0. The first kappa shape index (κ1) is 14.9. The monoisotopic (exact) mass is 271 g/mol. The minimum absolute atomic E-state index is 0.0922. The second kappa shape index (κ2) is 5.85. The van der Waals surface area contributed by atoms with E-state index in [1.807, 2.05) is 6.07 Å². The number of hydrogen-bond donors (Lipinski definition) is 1. The molecular formula is C17H25N3. The van der Waals surface area contributed by atoms with Gasteiger partial charge in [0.15, 0.2) is 0 Å². The Kier molecular flexibility index (Phi) is 4.35. The number of anilines is 1. The van der Waals surface area contributed by atoms with Crippen LogP contribution in [0.5, 0.6) is 0 Å². The second-order valence-corrected chi connectivity index (χ2v) is 6.58. The van der Waals surface area contributed by atoms with Crippen LogP contribution in [0.4, 0.5) is 5.69 Å². The van der Waals surface area contributed by atoms with Crippen LogP contribution < -0.4 is 10.2 Å². The molecule has 1 saturated carbocycles. The Balaban J connectivity index is 2.17. The van der Waals surface area contributed by atoms with E-state index in [0.29, 0.717) is 6.04 Å². The maximum Gasteiger partial charge on any atom is 0.101 e. The van der Waals surface area contributed by atoms with E-state index >= 15 is 0 Å². The van der Waals surface area contributed by atoms with Crippen LogP contribution >= 0.6 is 0 Å². The first-order valence-corrected chi connectivity index (χ1v) is 7.49. The summed E-state index contributed by atoms with van der Waals surface area (Å²) in [6.07, 6.45) is 2.51. The third kappa shape index (κ3) is 3.74. The van der Waals surface area contributed by atoms with E-state index in [2.05, 4.69) is 56.1 Å². The van der Waals surface area contributed by atoms with Crippen molar-refractivity contribution in [3.8, 4) is 6.07 Å². The van der Waals surface area contributed by atoms with Gasteiger partial charge >= 0.3 is 0 Å². The lowest BCUT2D eigenvalue weighted by Crippen LogP contribution is -2.35. The summed E-state index contributed by atoms with van der Waals surface area (Å²) in [5.41, 5.74) is 3.16. The highest BCUT2D eigenvalue weighted by atomic mass is 15.2. The Hall–Kier alpha value is -1.53. The molecule has 20 heavy (non-hydrogen) atoms. The van der Waals surface area contributed by atoms with Crippen LogP contribution in [0.15, 0.2) is 18.2 Å². The van der Waals surface area contributed by atoms with E-state index in [1.54, 1.807) is 0 Å². The molecule has 0 heterocycles. The first-order chi connectivity index (χ1) is 9.44. The molecule has 0 bridgehead atoms. The minimum atomic E-state index is 0.0922. The lowest BCUT2D eigenvalue weighted by atomic mass is 10.1. The van der Waals surface area contributed by atoms with Gasteiger partial charge in [-0.1, -0.05) is 6.07 Å². The number of nitrogens with zero attached hydrogens (tertiary/aromatic N) is 2. The fourth-order valence-electron chi connectivity index (χ4n) is 2.41. The average molecular weight is 271 g/mol. The Morgan fingerprint density at radius 2 is 2.05 bits per heavy atom. The standard InChI is InChI=1S/C17H25N3/c1-5-20(15-7-8-15)16-9-6-13(10-14(16)11-18)12-19-17(2,3)4/h6,9-10,15,19H,5,7-8,12H2,1-4H3. The predicted molar refractivity (Wildman–Crippen MR) is 83.8 cm³/mol. The van der Waals surface area contributed by atoms with Crippen molar-refractivity contribution in [3.63, 3.8) is 0 Å². The summed E-state index contributed by atoms with van der Waals surface area (Å²) in [4.78, 5) is 2.36. The fraction of sp³-hybridized carbons (Fsp3) is 0.588. The van der Waals surface area contributed by atoms with E-state index < -0.39 is 0 Å². The van der Waals surface area contributed by atoms with Crippen LogP contribution in [-0.4, -0.2) is 18.1 Å². The number of nitrogens with one attached hydrogen (secondary N) is 1. The van der Waals surface area contributed by atoms with Gasteiger partial charge in [-0.2, -0.15) is 5.26 Å². The molecule has 1 aliphatic rings. The Morgan fingerprint density at radius 1 is 1.35 bits per heavy atom. The van der Waals surface area contributed by atoms with Crippen LogP contribution in [-0.2, 0) is 6.54 Å². The van der Waals surface area contributed by atoms with Gasteiger partial charge in [-0.05, 0) is 58.2 Å². The van der Waals surface area contributed by atoms with Gasteiger partial charge in [0.05, 0.1) is 11.3 Å². The van der Waals surface area contributed by atoms with Crippen molar-refractivity contribution >= 4 is 5.69 Å². The predicted octanol–water partition coefficient (Wildman–Crippen LogP) is 3.44. The van der Waals surface area contributed by atoms with Crippen molar-refractivity contribution in [3.05, 3.63) is 29.3 Å². The highest BCUT2D eigenvalue weighted by Gasteiger charge is 2.29. The van der Waals surface area contributed by atoms with Crippen LogP contribution in [0, 0.1) is 11.3 Å².